The molecule has 0 unspecified atom stereocenters. The van der Waals surface area contributed by atoms with E-state index in [1.807, 2.05) is 43.3 Å². The van der Waals surface area contributed by atoms with E-state index in [4.69, 9.17) is 0 Å². The van der Waals surface area contributed by atoms with Crippen molar-refractivity contribution in [1.29, 1.82) is 0 Å². The fourth-order valence-electron chi connectivity index (χ4n) is 2.99. The largest absolute Gasteiger partial charge is 0.464 e. The monoisotopic (exact) mass is 438 g/mol. The molecule has 0 bridgehead atoms. The molecule has 4 heterocycles. The number of carbonyl (C=O) groups excluding carboxylic acids is 2. The Morgan fingerprint density at radius 1 is 0.844 bits per heavy atom. The maximum absolute atomic E-state index is 11.3. The minimum absolute atomic E-state index is 0.241. The zero-order valence-corrected chi connectivity index (χ0v) is 18.9. The molecule has 0 aliphatic rings. The summed E-state index contributed by atoms with van der Waals surface area (Å²) in [5, 5.41) is 10.4. The molecule has 4 rings (SSSR count). The Hall–Kier alpha value is -3.82. The second kappa shape index (κ2) is 9.54. The first kappa shape index (κ1) is 22.9. The van der Waals surface area contributed by atoms with Crippen LogP contribution in [-0.4, -0.2) is 55.7 Å². The predicted octanol–water partition coefficient (Wildman–Crippen LogP) is 3.60. The van der Waals surface area contributed by atoms with Crippen LogP contribution in [0.3, 0.4) is 0 Å². The van der Waals surface area contributed by atoms with Gasteiger partial charge in [0.25, 0.3) is 0 Å². The Morgan fingerprint density at radius 2 is 1.44 bits per heavy atom. The zero-order valence-electron chi connectivity index (χ0n) is 18.9. The molecule has 0 saturated carbocycles. The summed E-state index contributed by atoms with van der Waals surface area (Å²) in [6.07, 6.45) is 6.92. The molecule has 0 aliphatic heterocycles. The minimum atomic E-state index is -0.444. The van der Waals surface area contributed by atoms with Crippen molar-refractivity contribution in [2.24, 2.45) is 0 Å². The van der Waals surface area contributed by atoms with E-state index in [1.54, 1.807) is 30.7 Å². The molecule has 10 heteroatoms. The number of rotatable bonds is 4. The van der Waals surface area contributed by atoms with Crippen LogP contribution < -0.4 is 0 Å². The first-order valence-electron chi connectivity index (χ1n) is 10.1. The highest BCUT2D eigenvalue weighted by molar-refractivity contribution is 5.92. The summed E-state index contributed by atoms with van der Waals surface area (Å²) in [5.74, 6) is -0.876. The Morgan fingerprint density at radius 3 is 2.00 bits per heavy atom. The van der Waals surface area contributed by atoms with E-state index in [1.165, 1.54) is 14.2 Å². The lowest BCUT2D eigenvalue weighted by Gasteiger charge is -2.07. The van der Waals surface area contributed by atoms with Gasteiger partial charge in [0.1, 0.15) is 0 Å². The Bertz CT molecular complexity index is 1250. The number of aromatic nitrogens is 6. The summed E-state index contributed by atoms with van der Waals surface area (Å²) in [6.45, 7) is 8.15. The van der Waals surface area contributed by atoms with Crippen LogP contribution in [-0.2, 0) is 9.47 Å². The third-order valence-corrected chi connectivity index (χ3v) is 4.69. The first-order chi connectivity index (χ1) is 15.2. The molecule has 0 spiro atoms. The molecule has 10 nitrogen and oxygen atoms in total. The van der Waals surface area contributed by atoms with Crippen molar-refractivity contribution in [1.82, 2.24) is 29.5 Å². The lowest BCUT2D eigenvalue weighted by atomic mass is 10.2. The number of carbonyl (C=O) groups is 2. The second-order valence-electron chi connectivity index (χ2n) is 7.63. The first-order valence-corrected chi connectivity index (χ1v) is 10.1. The predicted molar refractivity (Wildman–Crippen MR) is 119 cm³/mol. The van der Waals surface area contributed by atoms with Gasteiger partial charge in [-0.2, -0.15) is 10.2 Å². The van der Waals surface area contributed by atoms with E-state index in [2.05, 4.69) is 29.6 Å². The Labute approximate surface area is 185 Å². The van der Waals surface area contributed by atoms with E-state index in [0.717, 1.165) is 21.8 Å². The smallest absolute Gasteiger partial charge is 0.356 e. The SMILES string of the molecule is COC(=O)c1cc2c(cn1)cnn2C(C)C.COC(=O)c1cc2nn(C(C)C)cc2cn1. The van der Waals surface area contributed by atoms with Gasteiger partial charge in [0.15, 0.2) is 11.4 Å². The molecule has 4 aromatic rings. The molecule has 0 atom stereocenters. The average molecular weight is 438 g/mol. The van der Waals surface area contributed by atoms with Crippen LogP contribution in [0.1, 0.15) is 60.8 Å². The van der Waals surface area contributed by atoms with Crippen LogP contribution in [0, 0.1) is 0 Å². The molecule has 0 N–H and O–H groups in total. The van der Waals surface area contributed by atoms with Gasteiger partial charge >= 0.3 is 11.9 Å². The van der Waals surface area contributed by atoms with Crippen molar-refractivity contribution in [3.63, 3.8) is 0 Å². The highest BCUT2D eigenvalue weighted by Crippen LogP contribution is 2.18. The molecule has 168 valence electrons. The zero-order chi connectivity index (χ0) is 23.4. The second-order valence-corrected chi connectivity index (χ2v) is 7.63. The number of hydrogen-bond donors (Lipinski definition) is 0. The Kier molecular flexibility index (Phi) is 6.82. The number of methoxy groups -OCH3 is 2. The van der Waals surface area contributed by atoms with Crippen molar-refractivity contribution in [2.75, 3.05) is 14.2 Å². The van der Waals surface area contributed by atoms with Crippen LogP contribution in [0.25, 0.3) is 21.8 Å². The van der Waals surface area contributed by atoms with Gasteiger partial charge in [-0.1, -0.05) is 0 Å². The standard InChI is InChI=1S/2C11H13N3O2/c1-7(2)14-10-4-9(11(15)16-3)12-5-8(10)6-13-14;1-7(2)14-6-8-5-12-10(11(15)16-3)4-9(8)13-14/h2*4-7H,1-3H3. The summed E-state index contributed by atoms with van der Waals surface area (Å²) in [6, 6.07) is 3.87. The van der Waals surface area contributed by atoms with Crippen LogP contribution >= 0.6 is 0 Å². The van der Waals surface area contributed by atoms with Crippen molar-refractivity contribution < 1.29 is 19.1 Å². The fraction of sp³-hybridized carbons (Fsp3) is 0.364. The third kappa shape index (κ3) is 4.74. The molecule has 32 heavy (non-hydrogen) atoms. The van der Waals surface area contributed by atoms with Crippen LogP contribution in [0.15, 0.2) is 36.9 Å². The molecule has 4 aromatic heterocycles. The van der Waals surface area contributed by atoms with E-state index < -0.39 is 11.9 Å². The highest BCUT2D eigenvalue weighted by atomic mass is 16.5. The lowest BCUT2D eigenvalue weighted by Crippen LogP contribution is -2.06. The van der Waals surface area contributed by atoms with Gasteiger partial charge in [0, 0.05) is 41.4 Å². The molecule has 0 aliphatic carbocycles. The number of nitrogens with zero attached hydrogens (tertiary/aromatic N) is 6. The lowest BCUT2D eigenvalue weighted by molar-refractivity contribution is 0.0585. The van der Waals surface area contributed by atoms with Crippen LogP contribution in [0.5, 0.6) is 0 Å². The summed E-state index contributed by atoms with van der Waals surface area (Å²) >= 11 is 0. The number of fused-ring (bicyclic) bond motifs is 2. The summed E-state index contributed by atoms with van der Waals surface area (Å²) < 4.78 is 12.9. The van der Waals surface area contributed by atoms with Gasteiger partial charge in [0.05, 0.1) is 31.4 Å². The number of pyridine rings is 2. The number of ether oxygens (including phenoxy) is 2. The molecular weight excluding hydrogens is 412 g/mol. The van der Waals surface area contributed by atoms with Gasteiger partial charge in [-0.25, -0.2) is 19.6 Å². The summed E-state index contributed by atoms with van der Waals surface area (Å²) in [4.78, 5) is 30.7. The number of hydrogen-bond acceptors (Lipinski definition) is 8. The molecular formula is C22H26N6O4. The Balaban J connectivity index is 0.000000181. The quantitative estimate of drug-likeness (QED) is 0.444. The maximum Gasteiger partial charge on any atom is 0.356 e. The minimum Gasteiger partial charge on any atom is -0.464 e. The van der Waals surface area contributed by atoms with Crippen LogP contribution in [0.2, 0.25) is 0 Å². The van der Waals surface area contributed by atoms with Crippen molar-refractivity contribution in [2.45, 2.75) is 39.8 Å². The van der Waals surface area contributed by atoms with Crippen LogP contribution in [0.4, 0.5) is 0 Å². The summed E-state index contributed by atoms with van der Waals surface area (Å²) in [7, 11) is 2.68. The van der Waals surface area contributed by atoms with E-state index in [0.29, 0.717) is 5.69 Å². The van der Waals surface area contributed by atoms with Gasteiger partial charge in [-0.05, 0) is 39.8 Å². The highest BCUT2D eigenvalue weighted by Gasteiger charge is 2.12. The van der Waals surface area contributed by atoms with Gasteiger partial charge in [0.2, 0.25) is 0 Å². The van der Waals surface area contributed by atoms with Crippen molar-refractivity contribution >= 4 is 33.7 Å². The fourth-order valence-corrected chi connectivity index (χ4v) is 2.99. The maximum atomic E-state index is 11.3. The normalized spacial score (nSPS) is 11.0. The molecule has 0 radical (unpaired) electrons. The molecule has 0 saturated heterocycles. The molecule has 0 amide bonds. The third-order valence-electron chi connectivity index (χ3n) is 4.69. The molecule has 0 fully saturated rings. The average Bonchev–Trinajstić information content (AvgIpc) is 3.41. The summed E-state index contributed by atoms with van der Waals surface area (Å²) in [5.41, 5.74) is 2.23. The van der Waals surface area contributed by atoms with Gasteiger partial charge in [-0.3, -0.25) is 9.36 Å². The van der Waals surface area contributed by atoms with Gasteiger partial charge < -0.3 is 9.47 Å². The van der Waals surface area contributed by atoms with E-state index in [9.17, 15) is 9.59 Å². The van der Waals surface area contributed by atoms with Crippen molar-refractivity contribution in [3.05, 3.63) is 48.3 Å². The van der Waals surface area contributed by atoms with Crippen molar-refractivity contribution in [3.8, 4) is 0 Å². The van der Waals surface area contributed by atoms with E-state index in [-0.39, 0.29) is 17.8 Å². The topological polar surface area (TPSA) is 114 Å². The van der Waals surface area contributed by atoms with E-state index >= 15 is 0 Å². The number of esters is 2. The molecule has 0 aromatic carbocycles. The van der Waals surface area contributed by atoms with Gasteiger partial charge in [-0.15, -0.1) is 0 Å².